The van der Waals surface area contributed by atoms with Crippen molar-refractivity contribution >= 4 is 21.4 Å². The van der Waals surface area contributed by atoms with Crippen molar-refractivity contribution in [2.45, 2.75) is 4.90 Å². The number of nitrogens with one attached hydrogen (secondary N) is 2. The zero-order valence-corrected chi connectivity index (χ0v) is 14.0. The normalized spacial score (nSPS) is 10.0. The molecule has 25 heavy (non-hydrogen) atoms. The number of ether oxygens (including phenoxy) is 1. The highest BCUT2D eigenvalue weighted by atomic mass is 32.2. The van der Waals surface area contributed by atoms with Gasteiger partial charge in [0, 0.05) is 18.0 Å². The Morgan fingerprint density at radius 3 is 2.36 bits per heavy atom. The fourth-order valence-electron chi connectivity index (χ4n) is 1.88. The average molecular weight is 354 g/mol. The molecule has 0 aliphatic heterocycles. The van der Waals surface area contributed by atoms with Gasteiger partial charge in [0.25, 0.3) is 10.0 Å². The molecule has 0 atom stereocenters. The van der Waals surface area contributed by atoms with Crippen molar-refractivity contribution in [1.82, 2.24) is 0 Å². The number of methoxy groups -OCH3 is 1. The van der Waals surface area contributed by atoms with Gasteiger partial charge in [-0.25, -0.2) is 8.42 Å². The summed E-state index contributed by atoms with van der Waals surface area (Å²) in [6.07, 6.45) is 1.25. The van der Waals surface area contributed by atoms with E-state index in [4.69, 9.17) is 15.3 Å². The lowest BCUT2D eigenvalue weighted by Gasteiger charge is -2.10. The van der Waals surface area contributed by atoms with E-state index < -0.39 is 10.0 Å². The maximum atomic E-state index is 12.4. The van der Waals surface area contributed by atoms with Crippen molar-refractivity contribution in [1.29, 1.82) is 10.5 Å². The van der Waals surface area contributed by atoms with Crippen LogP contribution in [0.4, 0.5) is 11.4 Å². The van der Waals surface area contributed by atoms with Gasteiger partial charge < -0.3 is 10.1 Å². The first kappa shape index (κ1) is 17.9. The number of nitrogens with zero attached hydrogens (tertiary/aromatic N) is 2. The second kappa shape index (κ2) is 7.86. The predicted molar refractivity (Wildman–Crippen MR) is 93.2 cm³/mol. The number of sulfonamides is 1. The standard InChI is InChI=1S/C17H14N4O3S/c1-24-16-4-2-3-15(9-16)21-25(22,23)17-7-5-14(6-8-17)20-12-13(10-18)11-19/h2-9,12,20-21H,1H3. The molecule has 2 aromatic rings. The largest absolute Gasteiger partial charge is 0.497 e. The van der Waals surface area contributed by atoms with E-state index in [-0.39, 0.29) is 10.5 Å². The van der Waals surface area contributed by atoms with Crippen LogP contribution in [-0.2, 0) is 10.0 Å². The lowest BCUT2D eigenvalue weighted by molar-refractivity contribution is 0.415. The molecule has 2 rings (SSSR count). The third-order valence-electron chi connectivity index (χ3n) is 3.11. The van der Waals surface area contributed by atoms with Crippen LogP contribution in [0.2, 0.25) is 0 Å². The zero-order valence-electron chi connectivity index (χ0n) is 13.2. The number of anilines is 2. The Morgan fingerprint density at radius 1 is 1.08 bits per heavy atom. The van der Waals surface area contributed by atoms with Gasteiger partial charge in [-0.15, -0.1) is 0 Å². The molecule has 8 heteroatoms. The number of hydrogen-bond acceptors (Lipinski definition) is 6. The number of hydrogen-bond donors (Lipinski definition) is 2. The van der Waals surface area contributed by atoms with Crippen molar-refractivity contribution in [2.75, 3.05) is 17.1 Å². The fourth-order valence-corrected chi connectivity index (χ4v) is 2.93. The van der Waals surface area contributed by atoms with Gasteiger partial charge in [0.1, 0.15) is 23.5 Å². The Labute approximate surface area is 145 Å². The summed E-state index contributed by atoms with van der Waals surface area (Å²) < 4.78 is 32.3. The van der Waals surface area contributed by atoms with E-state index in [0.29, 0.717) is 17.1 Å². The number of benzene rings is 2. The minimum atomic E-state index is -3.75. The molecule has 0 amide bonds. The monoisotopic (exact) mass is 354 g/mol. The third kappa shape index (κ3) is 4.74. The summed E-state index contributed by atoms with van der Waals surface area (Å²) in [6.45, 7) is 0. The fraction of sp³-hybridized carbons (Fsp3) is 0.0588. The van der Waals surface area contributed by atoms with Crippen LogP contribution in [0.1, 0.15) is 0 Å². The van der Waals surface area contributed by atoms with Crippen molar-refractivity contribution in [3.63, 3.8) is 0 Å². The molecule has 0 bridgehead atoms. The maximum absolute atomic E-state index is 12.4. The molecule has 0 saturated heterocycles. The first-order chi connectivity index (χ1) is 12.0. The van der Waals surface area contributed by atoms with Gasteiger partial charge in [0.2, 0.25) is 0 Å². The Hall–Kier alpha value is -3.49. The Balaban J connectivity index is 2.16. The van der Waals surface area contributed by atoms with Crippen LogP contribution in [-0.4, -0.2) is 15.5 Å². The lowest BCUT2D eigenvalue weighted by Crippen LogP contribution is -2.12. The van der Waals surface area contributed by atoms with Crippen LogP contribution in [0.15, 0.2) is 65.2 Å². The van der Waals surface area contributed by atoms with Gasteiger partial charge >= 0.3 is 0 Å². The smallest absolute Gasteiger partial charge is 0.261 e. The highest BCUT2D eigenvalue weighted by Crippen LogP contribution is 2.21. The van der Waals surface area contributed by atoms with Crippen molar-refractivity contribution in [2.24, 2.45) is 0 Å². The van der Waals surface area contributed by atoms with Gasteiger partial charge in [0.05, 0.1) is 17.7 Å². The minimum absolute atomic E-state index is 0.0747. The molecule has 0 unspecified atom stereocenters. The predicted octanol–water partition coefficient (Wildman–Crippen LogP) is 2.84. The quantitative estimate of drug-likeness (QED) is 0.771. The lowest BCUT2D eigenvalue weighted by atomic mass is 10.3. The van der Waals surface area contributed by atoms with Crippen molar-refractivity contribution in [3.05, 3.63) is 60.3 Å². The van der Waals surface area contributed by atoms with Gasteiger partial charge in [-0.3, -0.25) is 4.72 Å². The first-order valence-electron chi connectivity index (χ1n) is 7.02. The van der Waals surface area contributed by atoms with E-state index in [1.165, 1.54) is 37.6 Å². The second-order valence-electron chi connectivity index (χ2n) is 4.79. The molecule has 2 N–H and O–H groups in total. The highest BCUT2D eigenvalue weighted by Gasteiger charge is 2.14. The van der Waals surface area contributed by atoms with E-state index in [2.05, 4.69) is 10.0 Å². The van der Waals surface area contributed by atoms with E-state index in [9.17, 15) is 8.42 Å². The van der Waals surface area contributed by atoms with Crippen LogP contribution in [0.3, 0.4) is 0 Å². The first-order valence-corrected chi connectivity index (χ1v) is 8.50. The summed E-state index contributed by atoms with van der Waals surface area (Å²) in [5.74, 6) is 0.539. The molecular weight excluding hydrogens is 340 g/mol. The van der Waals surface area contributed by atoms with Gasteiger partial charge in [-0.1, -0.05) is 6.07 Å². The van der Waals surface area contributed by atoms with Gasteiger partial charge in [0.15, 0.2) is 0 Å². The van der Waals surface area contributed by atoms with Crippen LogP contribution < -0.4 is 14.8 Å². The van der Waals surface area contributed by atoms with Crippen LogP contribution >= 0.6 is 0 Å². The molecule has 0 aliphatic rings. The van der Waals surface area contributed by atoms with Crippen molar-refractivity contribution < 1.29 is 13.2 Å². The number of nitriles is 2. The Morgan fingerprint density at radius 2 is 1.76 bits per heavy atom. The topological polar surface area (TPSA) is 115 Å². The molecule has 0 fully saturated rings. The number of allylic oxidation sites excluding steroid dienone is 1. The molecular formula is C17H14N4O3S. The van der Waals surface area contributed by atoms with Crippen LogP contribution in [0, 0.1) is 22.7 Å². The summed E-state index contributed by atoms with van der Waals surface area (Å²) in [7, 11) is -2.25. The molecule has 0 spiro atoms. The molecule has 126 valence electrons. The summed E-state index contributed by atoms with van der Waals surface area (Å²) >= 11 is 0. The molecule has 0 aromatic heterocycles. The summed E-state index contributed by atoms with van der Waals surface area (Å²) in [5.41, 5.74) is 0.844. The molecule has 7 nitrogen and oxygen atoms in total. The summed E-state index contributed by atoms with van der Waals surface area (Å²) in [5, 5.41) is 20.1. The van der Waals surface area contributed by atoms with Crippen LogP contribution in [0.25, 0.3) is 0 Å². The maximum Gasteiger partial charge on any atom is 0.261 e. The minimum Gasteiger partial charge on any atom is -0.497 e. The third-order valence-corrected chi connectivity index (χ3v) is 4.51. The van der Waals surface area contributed by atoms with Gasteiger partial charge in [-0.2, -0.15) is 10.5 Å². The van der Waals surface area contributed by atoms with Gasteiger partial charge in [-0.05, 0) is 36.4 Å². The Kier molecular flexibility index (Phi) is 5.62. The Bertz CT molecular complexity index is 952. The highest BCUT2D eigenvalue weighted by molar-refractivity contribution is 7.92. The molecule has 0 radical (unpaired) electrons. The average Bonchev–Trinajstić information content (AvgIpc) is 2.63. The van der Waals surface area contributed by atoms with E-state index in [0.717, 1.165) is 0 Å². The molecule has 0 saturated carbocycles. The number of rotatable bonds is 6. The van der Waals surface area contributed by atoms with E-state index in [1.807, 2.05) is 0 Å². The molecule has 0 aliphatic carbocycles. The second-order valence-corrected chi connectivity index (χ2v) is 6.47. The summed E-state index contributed by atoms with van der Waals surface area (Å²) in [6, 6.07) is 15.9. The SMILES string of the molecule is COc1cccc(NS(=O)(=O)c2ccc(NC=C(C#N)C#N)cc2)c1. The van der Waals surface area contributed by atoms with E-state index in [1.54, 1.807) is 36.4 Å². The molecule has 2 aromatic carbocycles. The summed E-state index contributed by atoms with van der Waals surface area (Å²) in [4.78, 5) is 0.0747. The van der Waals surface area contributed by atoms with E-state index >= 15 is 0 Å². The molecule has 0 heterocycles. The van der Waals surface area contributed by atoms with Crippen LogP contribution in [0.5, 0.6) is 5.75 Å². The van der Waals surface area contributed by atoms with Crippen molar-refractivity contribution in [3.8, 4) is 17.9 Å². The zero-order chi connectivity index (χ0) is 18.3.